The van der Waals surface area contributed by atoms with Crippen molar-refractivity contribution in [3.63, 3.8) is 0 Å². The van der Waals surface area contributed by atoms with Gasteiger partial charge in [0.15, 0.2) is 0 Å². The van der Waals surface area contributed by atoms with Gasteiger partial charge in [-0.1, -0.05) is 19.1 Å². The average molecular weight is 262 g/mol. The van der Waals surface area contributed by atoms with Gasteiger partial charge in [-0.3, -0.25) is 4.79 Å². The number of para-hydroxylation sites is 2. The van der Waals surface area contributed by atoms with Crippen molar-refractivity contribution in [3.05, 3.63) is 24.3 Å². The van der Waals surface area contributed by atoms with Crippen molar-refractivity contribution in [3.8, 4) is 5.75 Å². The quantitative estimate of drug-likeness (QED) is 0.856. The first-order chi connectivity index (χ1) is 9.31. The Bertz CT molecular complexity index is 414. The number of amides is 1. The van der Waals surface area contributed by atoms with Crippen LogP contribution in [0.15, 0.2) is 24.3 Å². The summed E-state index contributed by atoms with van der Waals surface area (Å²) in [5, 5.41) is 6.24. The van der Waals surface area contributed by atoms with Gasteiger partial charge >= 0.3 is 0 Å². The zero-order valence-electron chi connectivity index (χ0n) is 11.4. The molecule has 0 saturated carbocycles. The first-order valence-corrected chi connectivity index (χ1v) is 7.04. The molecule has 0 radical (unpaired) electrons. The Balaban J connectivity index is 1.99. The molecular weight excluding hydrogens is 240 g/mol. The fourth-order valence-electron chi connectivity index (χ4n) is 2.22. The predicted molar refractivity (Wildman–Crippen MR) is 76.5 cm³/mol. The van der Waals surface area contributed by atoms with E-state index in [9.17, 15) is 4.79 Å². The summed E-state index contributed by atoms with van der Waals surface area (Å²) in [5.74, 6) is 0.897. The number of anilines is 1. The summed E-state index contributed by atoms with van der Waals surface area (Å²) in [7, 11) is 0. The van der Waals surface area contributed by atoms with E-state index in [1.165, 1.54) is 0 Å². The lowest BCUT2D eigenvalue weighted by Crippen LogP contribution is -2.37. The molecule has 104 valence electrons. The minimum atomic E-state index is 0.0629. The van der Waals surface area contributed by atoms with Gasteiger partial charge in [0.05, 0.1) is 18.2 Å². The monoisotopic (exact) mass is 262 g/mol. The molecule has 1 fully saturated rings. The van der Waals surface area contributed by atoms with Crippen LogP contribution in [-0.2, 0) is 4.79 Å². The van der Waals surface area contributed by atoms with Crippen LogP contribution >= 0.6 is 0 Å². The Morgan fingerprint density at radius 2 is 2.32 bits per heavy atom. The second kappa shape index (κ2) is 7.14. The van der Waals surface area contributed by atoms with E-state index in [1.54, 1.807) is 0 Å². The molecule has 0 aromatic heterocycles. The lowest BCUT2D eigenvalue weighted by Gasteiger charge is -2.22. The molecule has 19 heavy (non-hydrogen) atoms. The van der Waals surface area contributed by atoms with Crippen molar-refractivity contribution < 1.29 is 9.53 Å². The fraction of sp³-hybridized carbons (Fsp3) is 0.533. The molecule has 1 aromatic carbocycles. The number of ether oxygens (including phenoxy) is 1. The molecule has 0 bridgehead atoms. The van der Waals surface area contributed by atoms with E-state index < -0.39 is 0 Å². The van der Waals surface area contributed by atoms with Crippen LogP contribution in [0.4, 0.5) is 5.69 Å². The maximum Gasteiger partial charge on any atom is 0.228 e. The highest BCUT2D eigenvalue weighted by Gasteiger charge is 2.21. The maximum atomic E-state index is 12.2. The van der Waals surface area contributed by atoms with Crippen LogP contribution in [0.2, 0.25) is 0 Å². The summed E-state index contributed by atoms with van der Waals surface area (Å²) in [6.07, 6.45) is 2.97. The minimum absolute atomic E-state index is 0.0629. The first kappa shape index (κ1) is 13.9. The normalized spacial score (nSPS) is 18.9. The molecule has 0 spiro atoms. The van der Waals surface area contributed by atoms with E-state index in [0.717, 1.165) is 43.8 Å². The van der Waals surface area contributed by atoms with Gasteiger partial charge in [0.1, 0.15) is 5.75 Å². The van der Waals surface area contributed by atoms with Crippen molar-refractivity contribution >= 4 is 11.6 Å². The summed E-state index contributed by atoms with van der Waals surface area (Å²) in [5.41, 5.74) is 0.770. The van der Waals surface area contributed by atoms with Gasteiger partial charge in [0.2, 0.25) is 5.91 Å². The van der Waals surface area contributed by atoms with E-state index in [2.05, 4.69) is 17.6 Å². The van der Waals surface area contributed by atoms with Crippen molar-refractivity contribution in [2.24, 2.45) is 5.92 Å². The van der Waals surface area contributed by atoms with Crippen molar-refractivity contribution in [1.82, 2.24) is 5.32 Å². The zero-order chi connectivity index (χ0) is 13.5. The molecule has 1 atom stereocenters. The standard InChI is InChI=1S/C15H22N2O2/c1-2-10-19-14-8-4-3-7-13(14)17-15(18)12-6-5-9-16-11-12/h3-4,7-8,12,16H,2,5-6,9-11H2,1H3,(H,17,18)/t12-/m1/s1. The number of piperidine rings is 1. The largest absolute Gasteiger partial charge is 0.491 e. The van der Waals surface area contributed by atoms with Gasteiger partial charge in [-0.15, -0.1) is 0 Å². The number of carbonyl (C=O) groups excluding carboxylic acids is 1. The van der Waals surface area contributed by atoms with Crippen LogP contribution in [0, 0.1) is 5.92 Å². The summed E-state index contributed by atoms with van der Waals surface area (Å²) in [4.78, 5) is 12.2. The molecule has 1 aliphatic heterocycles. The molecule has 0 aliphatic carbocycles. The molecular formula is C15H22N2O2. The molecule has 1 aliphatic rings. The molecule has 1 aromatic rings. The Labute approximate surface area is 114 Å². The molecule has 1 amide bonds. The van der Waals surface area contributed by atoms with Crippen LogP contribution in [-0.4, -0.2) is 25.6 Å². The third-order valence-corrected chi connectivity index (χ3v) is 3.27. The lowest BCUT2D eigenvalue weighted by molar-refractivity contribution is -0.120. The summed E-state index contributed by atoms with van der Waals surface area (Å²) in [6.45, 7) is 4.51. The van der Waals surface area contributed by atoms with E-state index in [0.29, 0.717) is 6.61 Å². The highest BCUT2D eigenvalue weighted by atomic mass is 16.5. The van der Waals surface area contributed by atoms with Gasteiger partial charge in [0.25, 0.3) is 0 Å². The highest BCUT2D eigenvalue weighted by Crippen LogP contribution is 2.25. The summed E-state index contributed by atoms with van der Waals surface area (Å²) >= 11 is 0. The molecule has 4 nitrogen and oxygen atoms in total. The van der Waals surface area contributed by atoms with E-state index >= 15 is 0 Å². The number of carbonyl (C=O) groups is 1. The molecule has 1 saturated heterocycles. The van der Waals surface area contributed by atoms with Crippen molar-refractivity contribution in [1.29, 1.82) is 0 Å². The summed E-state index contributed by atoms with van der Waals surface area (Å²) in [6, 6.07) is 7.61. The summed E-state index contributed by atoms with van der Waals surface area (Å²) < 4.78 is 5.64. The van der Waals surface area contributed by atoms with Crippen LogP contribution < -0.4 is 15.4 Å². The van der Waals surface area contributed by atoms with Gasteiger partial charge < -0.3 is 15.4 Å². The van der Waals surface area contributed by atoms with Crippen LogP contribution in [0.25, 0.3) is 0 Å². The van der Waals surface area contributed by atoms with Gasteiger partial charge in [-0.25, -0.2) is 0 Å². The van der Waals surface area contributed by atoms with E-state index in [-0.39, 0.29) is 11.8 Å². The molecule has 0 unspecified atom stereocenters. The van der Waals surface area contributed by atoms with Gasteiger partial charge in [0, 0.05) is 6.54 Å². The van der Waals surface area contributed by atoms with E-state index in [4.69, 9.17) is 4.74 Å². The topological polar surface area (TPSA) is 50.4 Å². The first-order valence-electron chi connectivity index (χ1n) is 7.04. The van der Waals surface area contributed by atoms with Gasteiger partial charge in [-0.05, 0) is 37.9 Å². The zero-order valence-corrected chi connectivity index (χ0v) is 11.4. The molecule has 2 N–H and O–H groups in total. The average Bonchev–Trinajstić information content (AvgIpc) is 2.47. The predicted octanol–water partition coefficient (Wildman–Crippen LogP) is 2.41. The Hall–Kier alpha value is -1.55. The fourth-order valence-corrected chi connectivity index (χ4v) is 2.22. The number of hydrogen-bond donors (Lipinski definition) is 2. The second-order valence-electron chi connectivity index (χ2n) is 4.88. The van der Waals surface area contributed by atoms with Crippen LogP contribution in [0.5, 0.6) is 5.75 Å². The molecule has 1 heterocycles. The SMILES string of the molecule is CCCOc1ccccc1NC(=O)[C@@H]1CCCNC1. The molecule has 2 rings (SSSR count). The maximum absolute atomic E-state index is 12.2. The minimum Gasteiger partial charge on any atom is -0.491 e. The lowest BCUT2D eigenvalue weighted by atomic mass is 9.99. The Morgan fingerprint density at radius 3 is 3.05 bits per heavy atom. The number of nitrogens with one attached hydrogen (secondary N) is 2. The number of hydrogen-bond acceptors (Lipinski definition) is 3. The highest BCUT2D eigenvalue weighted by molar-refractivity contribution is 5.94. The van der Waals surface area contributed by atoms with Crippen molar-refractivity contribution in [2.45, 2.75) is 26.2 Å². The number of benzene rings is 1. The third kappa shape index (κ3) is 3.96. The van der Waals surface area contributed by atoms with E-state index in [1.807, 2.05) is 24.3 Å². The Kier molecular flexibility index (Phi) is 5.21. The van der Waals surface area contributed by atoms with Crippen LogP contribution in [0.1, 0.15) is 26.2 Å². The van der Waals surface area contributed by atoms with Crippen LogP contribution in [0.3, 0.4) is 0 Å². The second-order valence-corrected chi connectivity index (χ2v) is 4.88. The molecule has 4 heteroatoms. The smallest absolute Gasteiger partial charge is 0.228 e. The Morgan fingerprint density at radius 1 is 1.47 bits per heavy atom. The third-order valence-electron chi connectivity index (χ3n) is 3.27. The number of rotatable bonds is 5. The van der Waals surface area contributed by atoms with Gasteiger partial charge in [-0.2, -0.15) is 0 Å². The van der Waals surface area contributed by atoms with Crippen molar-refractivity contribution in [2.75, 3.05) is 25.0 Å².